The van der Waals surface area contributed by atoms with Gasteiger partial charge in [0.15, 0.2) is 0 Å². The minimum absolute atomic E-state index is 0. The smallest absolute Gasteiger partial charge is 0.121 e. The van der Waals surface area contributed by atoms with E-state index in [2.05, 4.69) is 108 Å². The Hall–Kier alpha value is -4.93. The molecule has 0 bridgehead atoms. The maximum Gasteiger partial charge on any atom is 0.121 e. The summed E-state index contributed by atoms with van der Waals surface area (Å²) >= 11 is 0. The first kappa shape index (κ1) is 30.7. The minimum Gasteiger partial charge on any atom is -0.501 e. The van der Waals surface area contributed by atoms with Crippen molar-refractivity contribution in [3.63, 3.8) is 0 Å². The van der Waals surface area contributed by atoms with E-state index in [-0.39, 0.29) is 32.9 Å². The van der Waals surface area contributed by atoms with E-state index >= 15 is 0 Å². The van der Waals surface area contributed by atoms with Gasteiger partial charge in [-0.05, 0) is 71.0 Å². The van der Waals surface area contributed by atoms with E-state index in [1.54, 1.807) is 18.3 Å². The first-order chi connectivity index (χ1) is 26.4. The molecule has 0 fully saturated rings. The third-order valence-corrected chi connectivity index (χ3v) is 11.3. The van der Waals surface area contributed by atoms with Gasteiger partial charge in [0.05, 0.1) is 13.7 Å². The Labute approximate surface area is 326 Å². The monoisotopic (exact) mass is 873 g/mol. The molecule has 1 radical (unpaired) electrons. The molecule has 0 aliphatic heterocycles. The van der Waals surface area contributed by atoms with Crippen molar-refractivity contribution < 1.29 is 30.0 Å². The fraction of sp³-hybridized carbons (Fsp3) is 0.149. The molecule has 3 heterocycles. The van der Waals surface area contributed by atoms with Crippen molar-refractivity contribution in [3.05, 3.63) is 163 Å². The molecule has 3 aromatic heterocycles. The van der Waals surface area contributed by atoms with Gasteiger partial charge in [-0.15, -0.1) is 53.6 Å². The summed E-state index contributed by atoms with van der Waals surface area (Å²) in [6.07, 6.45) is 0.526. The Morgan fingerprint density at radius 3 is 2.10 bits per heavy atom. The quantitative estimate of drug-likeness (QED) is 0.128. The second-order valence-electron chi connectivity index (χ2n) is 13.7. The summed E-state index contributed by atoms with van der Waals surface area (Å²) in [6.45, 7) is 7.02. The van der Waals surface area contributed by atoms with Crippen molar-refractivity contribution in [2.45, 2.75) is 45.2 Å². The van der Waals surface area contributed by atoms with Crippen LogP contribution >= 0.6 is 0 Å². The van der Waals surface area contributed by atoms with Crippen LogP contribution < -0.4 is 5.19 Å². The number of aromatic nitrogens is 2. The van der Waals surface area contributed by atoms with Crippen LogP contribution in [0.5, 0.6) is 0 Å². The second kappa shape index (κ2) is 15.4. The number of hydrogen-bond donors (Lipinski definition) is 0. The number of pyridine rings is 2. The standard InChI is InChI=1S/C27H20NO.C20H20NSi.Ir/c1-2-7-18(8-3-1)20-13-14-22-23-11-6-12-24(27(23)29-25(22)17-20)26-21-10-5-4-9-19(21)15-16-28-26;1-22(2,3)19-12-13-20(21-15-19)18-11-7-10-17(14-18)16-8-5-4-6-9-16;/h1-3,6-8,11,13-17H,4-5,9-10H2;4-10,12-15H,1-3H3;/q2*-1;/i9D2,10D2;;. The molecule has 5 heteroatoms. The Kier molecular flexibility index (Phi) is 9.05. The van der Waals surface area contributed by atoms with Crippen molar-refractivity contribution in [2.75, 3.05) is 0 Å². The van der Waals surface area contributed by atoms with Gasteiger partial charge in [0, 0.05) is 43.4 Å². The normalized spacial score (nSPS) is 15.5. The number of hydrogen-bond acceptors (Lipinski definition) is 3. The minimum atomic E-state index is -1.69. The maximum atomic E-state index is 8.63. The van der Waals surface area contributed by atoms with Crippen LogP contribution in [0.3, 0.4) is 0 Å². The van der Waals surface area contributed by atoms with Gasteiger partial charge < -0.3 is 14.4 Å². The number of benzene rings is 5. The van der Waals surface area contributed by atoms with Gasteiger partial charge in [-0.3, -0.25) is 0 Å². The fourth-order valence-corrected chi connectivity index (χ4v) is 7.55. The van der Waals surface area contributed by atoms with E-state index in [4.69, 9.17) is 9.90 Å². The topological polar surface area (TPSA) is 38.9 Å². The van der Waals surface area contributed by atoms with Crippen LogP contribution in [0.25, 0.3) is 66.7 Å². The molecule has 0 saturated heterocycles. The van der Waals surface area contributed by atoms with Gasteiger partial charge in [0.1, 0.15) is 5.58 Å². The average Bonchev–Trinajstić information content (AvgIpc) is 3.58. The third kappa shape index (κ3) is 7.36. The fourth-order valence-electron chi connectivity index (χ4n) is 6.51. The zero-order valence-corrected chi connectivity index (χ0v) is 32.7. The van der Waals surface area contributed by atoms with Crippen LogP contribution in [-0.2, 0) is 32.9 Å². The Morgan fingerprint density at radius 1 is 0.673 bits per heavy atom. The molecule has 0 saturated carbocycles. The molecule has 259 valence electrons. The van der Waals surface area contributed by atoms with Crippen molar-refractivity contribution in [3.8, 4) is 44.8 Å². The van der Waals surface area contributed by atoms with Gasteiger partial charge in [-0.1, -0.05) is 127 Å². The number of aryl methyl sites for hydroxylation is 1. The van der Waals surface area contributed by atoms with Crippen LogP contribution in [0.1, 0.15) is 29.5 Å². The molecule has 8 aromatic rings. The molecule has 0 N–H and O–H groups in total. The predicted molar refractivity (Wildman–Crippen MR) is 215 cm³/mol. The first-order valence-corrected chi connectivity index (χ1v) is 20.9. The van der Waals surface area contributed by atoms with Crippen molar-refractivity contribution >= 4 is 35.2 Å². The molecule has 9 rings (SSSR count). The molecular weight excluding hydrogens is 829 g/mol. The molecule has 0 unspecified atom stereocenters. The van der Waals surface area contributed by atoms with E-state index < -0.39 is 20.8 Å². The van der Waals surface area contributed by atoms with Crippen LogP contribution in [0.4, 0.5) is 0 Å². The van der Waals surface area contributed by atoms with Crippen LogP contribution in [0.2, 0.25) is 19.6 Å². The van der Waals surface area contributed by atoms with Gasteiger partial charge in [-0.25, -0.2) is 0 Å². The Balaban J connectivity index is 0.000000183. The summed E-state index contributed by atoms with van der Waals surface area (Å²) in [4.78, 5) is 9.16. The molecule has 1 aliphatic carbocycles. The van der Waals surface area contributed by atoms with E-state index in [0.717, 1.165) is 38.7 Å². The second-order valence-corrected chi connectivity index (χ2v) is 18.8. The van der Waals surface area contributed by atoms with Crippen LogP contribution in [-0.4, -0.2) is 18.0 Å². The molecular formula is C47H40IrN2OSi-2. The zero-order chi connectivity index (χ0) is 38.4. The Bertz CT molecular complexity index is 2640. The third-order valence-electron chi connectivity index (χ3n) is 9.28. The van der Waals surface area contributed by atoms with Crippen LogP contribution in [0.15, 0.2) is 144 Å². The van der Waals surface area contributed by atoms with Gasteiger partial charge in [-0.2, -0.15) is 0 Å². The summed E-state index contributed by atoms with van der Waals surface area (Å²) < 4.78 is 40.5. The largest absolute Gasteiger partial charge is 0.501 e. The number of rotatable bonds is 5. The average molecular weight is 873 g/mol. The molecule has 0 spiro atoms. The van der Waals surface area contributed by atoms with Crippen molar-refractivity contribution in [1.29, 1.82) is 0 Å². The van der Waals surface area contributed by atoms with E-state index in [1.807, 2.05) is 54.7 Å². The summed E-state index contributed by atoms with van der Waals surface area (Å²) in [6, 6.07) is 49.0. The summed E-state index contributed by atoms with van der Waals surface area (Å²) in [5.74, 6) is 0. The molecule has 0 amide bonds. The molecule has 5 aromatic carbocycles. The van der Waals surface area contributed by atoms with Gasteiger partial charge in [0.2, 0.25) is 0 Å². The summed E-state index contributed by atoms with van der Waals surface area (Å²) in [5, 5.41) is 3.25. The molecule has 52 heavy (non-hydrogen) atoms. The number of nitrogens with zero attached hydrogens (tertiary/aromatic N) is 2. The maximum absolute atomic E-state index is 8.63. The molecule has 0 atom stereocenters. The van der Waals surface area contributed by atoms with Crippen molar-refractivity contribution in [2.24, 2.45) is 0 Å². The zero-order valence-electron chi connectivity index (χ0n) is 33.3. The molecule has 3 nitrogen and oxygen atoms in total. The van der Waals surface area contributed by atoms with Crippen molar-refractivity contribution in [1.82, 2.24) is 9.97 Å². The Morgan fingerprint density at radius 2 is 1.38 bits per heavy atom. The first-order valence-electron chi connectivity index (χ1n) is 19.4. The summed E-state index contributed by atoms with van der Waals surface area (Å²) in [5.41, 5.74) is 9.53. The molecule has 1 aliphatic rings. The van der Waals surface area contributed by atoms with E-state index in [1.165, 1.54) is 16.3 Å². The van der Waals surface area contributed by atoms with Gasteiger partial charge in [0.25, 0.3) is 0 Å². The number of fused-ring (bicyclic) bond motifs is 4. The summed E-state index contributed by atoms with van der Waals surface area (Å²) in [7, 11) is -1.29. The SMILES string of the molecule is C[Si](C)(C)c1ccc(-c2[c-]ccc(-c3ccccc3)c2)nc1.[2H]C1([2H])CCC([2H])([2H])c2c1ccnc2-c1[c-]ccc2c1oc1cc(-c3ccccc3)ccc12.[Ir]. The van der Waals surface area contributed by atoms with Gasteiger partial charge >= 0.3 is 0 Å². The van der Waals surface area contributed by atoms with Crippen LogP contribution in [0, 0.1) is 12.1 Å². The van der Waals surface area contributed by atoms with E-state index in [9.17, 15) is 0 Å². The number of furan rings is 1. The predicted octanol–water partition coefficient (Wildman–Crippen LogP) is 11.8. The van der Waals surface area contributed by atoms with E-state index in [0.29, 0.717) is 28.0 Å².